The minimum absolute atomic E-state index is 0.0796. The minimum atomic E-state index is -3.08. The highest BCUT2D eigenvalue weighted by Crippen LogP contribution is 1.90. The predicted octanol–water partition coefficient (Wildman–Crippen LogP) is 0.00397. The van der Waals surface area contributed by atoms with Gasteiger partial charge in [-0.1, -0.05) is 0 Å². The largest absolute Gasteiger partial charge is 0.464 e. The topological polar surface area (TPSA) is 84.3 Å². The Bertz CT molecular complexity index is 294. The molecule has 0 fully saturated rings. The maximum Gasteiger partial charge on any atom is 0.311 e. The predicted molar refractivity (Wildman–Crippen MR) is 48.7 cm³/mol. The van der Waals surface area contributed by atoms with Crippen molar-refractivity contribution in [1.29, 1.82) is 5.41 Å². The number of carbonyl (C=O) groups excluding carboxylic acids is 1. The van der Waals surface area contributed by atoms with Gasteiger partial charge in [-0.25, -0.2) is 8.42 Å². The fraction of sp³-hybridized carbons (Fsp3) is 0.714. The van der Waals surface area contributed by atoms with Gasteiger partial charge in [0.1, 0.15) is 6.61 Å². The summed E-state index contributed by atoms with van der Waals surface area (Å²) in [6, 6.07) is 0. The molecular weight excluding hydrogens is 194 g/mol. The summed E-state index contributed by atoms with van der Waals surface area (Å²) in [5.74, 6) is -0.730. The molecule has 0 spiro atoms. The quantitative estimate of drug-likeness (QED) is 0.508. The molecule has 0 amide bonds. The first kappa shape index (κ1) is 12.1. The van der Waals surface area contributed by atoms with Crippen LogP contribution in [0.15, 0.2) is 0 Å². The summed E-state index contributed by atoms with van der Waals surface area (Å²) < 4.78 is 25.8. The maximum absolute atomic E-state index is 10.8. The van der Waals surface area contributed by atoms with Gasteiger partial charge in [-0.3, -0.25) is 4.79 Å². The molecule has 0 atom stereocenters. The van der Waals surface area contributed by atoms with Gasteiger partial charge in [-0.2, -0.15) is 0 Å². The molecule has 0 aliphatic heterocycles. The van der Waals surface area contributed by atoms with Crippen LogP contribution in [-0.2, 0) is 19.4 Å². The van der Waals surface area contributed by atoms with Crippen LogP contribution in [0.25, 0.3) is 0 Å². The van der Waals surface area contributed by atoms with Gasteiger partial charge in [0.15, 0.2) is 9.84 Å². The molecule has 0 aliphatic rings. The van der Waals surface area contributed by atoms with E-state index in [2.05, 4.69) is 4.74 Å². The zero-order valence-electron chi connectivity index (χ0n) is 7.66. The van der Waals surface area contributed by atoms with Crippen LogP contribution in [0.4, 0.5) is 0 Å². The van der Waals surface area contributed by atoms with Crippen molar-refractivity contribution in [1.82, 2.24) is 0 Å². The lowest BCUT2D eigenvalue weighted by Crippen LogP contribution is -2.15. The molecule has 0 aromatic carbocycles. The SMILES string of the molecule is CC(=N)CC(=O)OCCS(C)(=O)=O. The van der Waals surface area contributed by atoms with Gasteiger partial charge in [-0.05, 0) is 6.92 Å². The van der Waals surface area contributed by atoms with Gasteiger partial charge in [-0.15, -0.1) is 0 Å². The fourth-order valence-corrected chi connectivity index (χ4v) is 0.960. The lowest BCUT2D eigenvalue weighted by Gasteiger charge is -2.02. The van der Waals surface area contributed by atoms with Crippen LogP contribution in [0.3, 0.4) is 0 Å². The highest BCUT2D eigenvalue weighted by molar-refractivity contribution is 7.90. The second-order valence-electron chi connectivity index (χ2n) is 2.81. The highest BCUT2D eigenvalue weighted by Gasteiger charge is 2.06. The Hall–Kier alpha value is -0.910. The van der Waals surface area contributed by atoms with Crippen LogP contribution in [0.1, 0.15) is 13.3 Å². The summed E-state index contributed by atoms with van der Waals surface area (Å²) in [5.41, 5.74) is 0.198. The van der Waals surface area contributed by atoms with Crippen molar-refractivity contribution in [2.75, 3.05) is 18.6 Å². The zero-order chi connectivity index (χ0) is 10.5. The van der Waals surface area contributed by atoms with E-state index in [1.165, 1.54) is 6.92 Å². The van der Waals surface area contributed by atoms with Crippen molar-refractivity contribution in [2.45, 2.75) is 13.3 Å². The second-order valence-corrected chi connectivity index (χ2v) is 5.07. The molecule has 1 N–H and O–H groups in total. The van der Waals surface area contributed by atoms with E-state index in [0.717, 1.165) is 6.26 Å². The van der Waals surface area contributed by atoms with Crippen molar-refractivity contribution in [3.63, 3.8) is 0 Å². The molecule has 0 radical (unpaired) electrons. The van der Waals surface area contributed by atoms with E-state index in [-0.39, 0.29) is 24.5 Å². The Morgan fingerprint density at radius 3 is 2.38 bits per heavy atom. The number of carbonyl (C=O) groups is 1. The Kier molecular flexibility index (Phi) is 4.61. The maximum atomic E-state index is 10.8. The molecule has 0 saturated carbocycles. The van der Waals surface area contributed by atoms with E-state index >= 15 is 0 Å². The molecule has 0 aliphatic carbocycles. The Labute approximate surface area is 77.5 Å². The van der Waals surface area contributed by atoms with Crippen LogP contribution in [0.5, 0.6) is 0 Å². The second kappa shape index (κ2) is 4.96. The Balaban J connectivity index is 3.67. The molecule has 0 saturated heterocycles. The molecule has 0 bridgehead atoms. The molecule has 5 nitrogen and oxygen atoms in total. The first-order valence-electron chi connectivity index (χ1n) is 3.68. The van der Waals surface area contributed by atoms with Crippen LogP contribution in [-0.4, -0.2) is 38.7 Å². The van der Waals surface area contributed by atoms with Crippen LogP contribution >= 0.6 is 0 Å². The van der Waals surface area contributed by atoms with E-state index in [1.54, 1.807) is 0 Å². The average molecular weight is 207 g/mol. The van der Waals surface area contributed by atoms with E-state index in [4.69, 9.17) is 5.41 Å². The molecule has 0 aromatic rings. The monoisotopic (exact) mass is 207 g/mol. The summed E-state index contributed by atoms with van der Waals surface area (Å²) in [4.78, 5) is 10.8. The summed E-state index contributed by atoms with van der Waals surface area (Å²) in [6.45, 7) is 1.35. The molecule has 13 heavy (non-hydrogen) atoms. The highest BCUT2D eigenvalue weighted by atomic mass is 32.2. The molecule has 0 unspecified atom stereocenters. The van der Waals surface area contributed by atoms with Crippen molar-refractivity contribution in [2.24, 2.45) is 0 Å². The summed E-state index contributed by atoms with van der Waals surface area (Å²) in [7, 11) is -3.08. The van der Waals surface area contributed by atoms with Gasteiger partial charge >= 0.3 is 5.97 Å². The van der Waals surface area contributed by atoms with E-state index in [1.807, 2.05) is 0 Å². The Morgan fingerprint density at radius 1 is 1.46 bits per heavy atom. The molecule has 6 heteroatoms. The van der Waals surface area contributed by atoms with E-state index in [0.29, 0.717) is 0 Å². The first-order chi connectivity index (χ1) is 5.81. The minimum Gasteiger partial charge on any atom is -0.464 e. The van der Waals surface area contributed by atoms with Gasteiger partial charge in [0.25, 0.3) is 0 Å². The van der Waals surface area contributed by atoms with Gasteiger partial charge in [0.05, 0.1) is 12.2 Å². The number of sulfone groups is 1. The third-order valence-corrected chi connectivity index (χ3v) is 2.03. The number of hydrogen-bond acceptors (Lipinski definition) is 5. The van der Waals surface area contributed by atoms with E-state index in [9.17, 15) is 13.2 Å². The van der Waals surface area contributed by atoms with Gasteiger partial charge in [0, 0.05) is 12.0 Å². The molecular formula is C7H13NO4S. The summed E-state index contributed by atoms with van der Waals surface area (Å²) in [6.07, 6.45) is 0.993. The number of ether oxygens (including phenoxy) is 1. The third kappa shape index (κ3) is 9.00. The van der Waals surface area contributed by atoms with Crippen LogP contribution < -0.4 is 0 Å². The van der Waals surface area contributed by atoms with Gasteiger partial charge < -0.3 is 10.1 Å². The van der Waals surface area contributed by atoms with Crippen LogP contribution in [0.2, 0.25) is 0 Å². The number of nitrogens with one attached hydrogen (secondary N) is 1. The number of hydrogen-bond donors (Lipinski definition) is 1. The lowest BCUT2D eigenvalue weighted by atomic mass is 10.3. The van der Waals surface area contributed by atoms with Crippen molar-refractivity contribution >= 4 is 21.5 Å². The zero-order valence-corrected chi connectivity index (χ0v) is 8.48. The van der Waals surface area contributed by atoms with Crippen molar-refractivity contribution < 1.29 is 17.9 Å². The fourth-order valence-electron chi connectivity index (χ4n) is 0.574. The van der Waals surface area contributed by atoms with Crippen LogP contribution in [0, 0.1) is 5.41 Å². The van der Waals surface area contributed by atoms with Crippen molar-refractivity contribution in [3.05, 3.63) is 0 Å². The Morgan fingerprint density at radius 2 is 2.00 bits per heavy atom. The first-order valence-corrected chi connectivity index (χ1v) is 5.74. The third-order valence-electron chi connectivity index (χ3n) is 1.13. The van der Waals surface area contributed by atoms with Gasteiger partial charge in [0.2, 0.25) is 0 Å². The van der Waals surface area contributed by atoms with Crippen molar-refractivity contribution in [3.8, 4) is 0 Å². The number of esters is 1. The average Bonchev–Trinajstić information content (AvgIpc) is 1.81. The smallest absolute Gasteiger partial charge is 0.311 e. The summed E-state index contributed by atoms with van der Waals surface area (Å²) in [5, 5.41) is 6.96. The van der Waals surface area contributed by atoms with E-state index < -0.39 is 15.8 Å². The normalized spacial score (nSPS) is 10.9. The molecule has 0 heterocycles. The lowest BCUT2D eigenvalue weighted by molar-refractivity contribution is -0.141. The summed E-state index contributed by atoms with van der Waals surface area (Å²) >= 11 is 0. The molecule has 76 valence electrons. The number of rotatable bonds is 5. The standard InChI is InChI=1S/C7H13NO4S/c1-6(8)5-7(9)12-3-4-13(2,10)11/h8H,3-5H2,1-2H3. The molecule has 0 rings (SSSR count). The molecule has 0 aromatic heterocycles.